The first-order chi connectivity index (χ1) is 14.8. The zero-order chi connectivity index (χ0) is 22.0. The van der Waals surface area contributed by atoms with Crippen molar-refractivity contribution < 1.29 is 13.2 Å². The lowest BCUT2D eigenvalue weighted by Crippen LogP contribution is -2.13. The zero-order valence-electron chi connectivity index (χ0n) is 17.1. The van der Waals surface area contributed by atoms with Gasteiger partial charge < -0.3 is 4.98 Å². The van der Waals surface area contributed by atoms with Gasteiger partial charge in [-0.25, -0.2) is 13.4 Å². The maximum atomic E-state index is 12.8. The maximum Gasteiger partial charge on any atom is 0.261 e. The number of hydrogen-bond donors (Lipinski definition) is 2. The van der Waals surface area contributed by atoms with E-state index in [-0.39, 0.29) is 16.5 Å². The molecular weight excluding hydrogens is 410 g/mol. The molecule has 0 amide bonds. The second-order valence-corrected chi connectivity index (χ2v) is 9.04. The van der Waals surface area contributed by atoms with Gasteiger partial charge in [-0.3, -0.25) is 9.52 Å². The van der Waals surface area contributed by atoms with Crippen LogP contribution in [0.5, 0.6) is 0 Å². The number of carbonyl (C=O) groups excluding carboxylic acids is 1. The minimum absolute atomic E-state index is 0.214. The number of rotatable bonds is 6. The van der Waals surface area contributed by atoms with Crippen LogP contribution in [0.4, 0.5) is 5.69 Å². The molecule has 0 unspecified atom stereocenters. The van der Waals surface area contributed by atoms with E-state index in [1.165, 1.54) is 6.08 Å². The second-order valence-electron chi connectivity index (χ2n) is 7.35. The highest BCUT2D eigenvalue weighted by molar-refractivity contribution is 7.92. The van der Waals surface area contributed by atoms with Crippen LogP contribution in [0.15, 0.2) is 77.7 Å². The molecule has 7 heteroatoms. The third-order valence-electron chi connectivity index (χ3n) is 4.69. The lowest BCUT2D eigenvalue weighted by molar-refractivity contribution is 0.103. The Morgan fingerprint density at radius 2 is 1.71 bits per heavy atom. The Morgan fingerprint density at radius 1 is 0.968 bits per heavy atom. The van der Waals surface area contributed by atoms with Gasteiger partial charge in [0.2, 0.25) is 5.78 Å². The Balaban J connectivity index is 1.53. The summed E-state index contributed by atoms with van der Waals surface area (Å²) in [5.41, 5.74) is 4.37. The molecule has 2 N–H and O–H groups in total. The molecule has 0 aliphatic rings. The number of H-pyrrole nitrogens is 1. The first kappa shape index (κ1) is 20.6. The van der Waals surface area contributed by atoms with Crippen LogP contribution in [0.1, 0.15) is 27.3 Å². The van der Waals surface area contributed by atoms with Gasteiger partial charge in [0.1, 0.15) is 0 Å². The number of sulfonamides is 1. The van der Waals surface area contributed by atoms with Gasteiger partial charge in [-0.1, -0.05) is 36.4 Å². The molecule has 6 nitrogen and oxygen atoms in total. The number of nitrogens with zero attached hydrogens (tertiary/aromatic N) is 1. The number of anilines is 1. The largest absolute Gasteiger partial charge is 0.335 e. The van der Waals surface area contributed by atoms with Gasteiger partial charge in [-0.15, -0.1) is 0 Å². The summed E-state index contributed by atoms with van der Waals surface area (Å²) in [6.45, 7) is 3.72. The average molecular weight is 432 g/mol. The van der Waals surface area contributed by atoms with Crippen LogP contribution in [0.2, 0.25) is 0 Å². The van der Waals surface area contributed by atoms with Crippen molar-refractivity contribution in [3.05, 3.63) is 95.3 Å². The van der Waals surface area contributed by atoms with E-state index in [4.69, 9.17) is 0 Å². The number of nitrogens with one attached hydrogen (secondary N) is 2. The molecule has 31 heavy (non-hydrogen) atoms. The molecule has 156 valence electrons. The van der Waals surface area contributed by atoms with Gasteiger partial charge in [0.05, 0.1) is 15.9 Å². The molecule has 0 aliphatic carbocycles. The van der Waals surface area contributed by atoms with E-state index in [2.05, 4.69) is 14.7 Å². The Morgan fingerprint density at radius 3 is 2.45 bits per heavy atom. The van der Waals surface area contributed by atoms with Crippen LogP contribution < -0.4 is 4.72 Å². The number of ketones is 1. The van der Waals surface area contributed by atoms with Crippen LogP contribution in [0.25, 0.3) is 17.1 Å². The molecule has 4 rings (SSSR count). The number of fused-ring (bicyclic) bond motifs is 1. The predicted octanol–water partition coefficient (Wildman–Crippen LogP) is 4.88. The Hall–Kier alpha value is -3.71. The van der Waals surface area contributed by atoms with Crippen molar-refractivity contribution in [2.75, 3.05) is 4.72 Å². The highest BCUT2D eigenvalue weighted by Gasteiger charge is 2.15. The summed E-state index contributed by atoms with van der Waals surface area (Å²) in [5.74, 6) is -0.0125. The van der Waals surface area contributed by atoms with Crippen molar-refractivity contribution in [1.29, 1.82) is 0 Å². The number of aromatic nitrogens is 2. The smallest absolute Gasteiger partial charge is 0.261 e. The Labute approximate surface area is 180 Å². The number of aryl methyl sites for hydroxylation is 2. The monoisotopic (exact) mass is 431 g/mol. The number of aromatic amines is 1. The second kappa shape index (κ2) is 8.20. The van der Waals surface area contributed by atoms with Gasteiger partial charge in [-0.05, 0) is 73.0 Å². The first-order valence-electron chi connectivity index (χ1n) is 9.68. The molecule has 3 aromatic carbocycles. The maximum absolute atomic E-state index is 12.8. The van der Waals surface area contributed by atoms with Gasteiger partial charge in [0, 0.05) is 5.69 Å². The normalized spacial score (nSPS) is 11.8. The van der Waals surface area contributed by atoms with Crippen LogP contribution in [0, 0.1) is 13.8 Å². The first-order valence-corrected chi connectivity index (χ1v) is 11.2. The molecule has 0 bridgehead atoms. The molecule has 0 atom stereocenters. The topological polar surface area (TPSA) is 91.9 Å². The molecule has 0 spiro atoms. The molecule has 0 saturated heterocycles. The van der Waals surface area contributed by atoms with Gasteiger partial charge in [0.15, 0.2) is 5.82 Å². The lowest BCUT2D eigenvalue weighted by atomic mass is 10.2. The number of allylic oxidation sites excluding steroid dienone is 1. The summed E-state index contributed by atoms with van der Waals surface area (Å²) in [6, 6.07) is 19.4. The van der Waals surface area contributed by atoms with Crippen LogP contribution in [0.3, 0.4) is 0 Å². The molecule has 0 aliphatic heterocycles. The lowest BCUT2D eigenvalue weighted by Gasteiger charge is -2.10. The Kier molecular flexibility index (Phi) is 5.44. The minimum Gasteiger partial charge on any atom is -0.335 e. The van der Waals surface area contributed by atoms with E-state index >= 15 is 0 Å². The van der Waals surface area contributed by atoms with E-state index in [1.807, 2.05) is 44.2 Å². The fraction of sp³-hybridized carbons (Fsp3) is 0.0833. The SMILES string of the molecule is Cc1cc(C)cc(S(=O)(=O)Nc2cccc(/C=C/C(=O)c3nc4ccccc4[nH]3)c2)c1. The number of imidazole rings is 1. The number of hydrogen-bond acceptors (Lipinski definition) is 4. The summed E-state index contributed by atoms with van der Waals surface area (Å²) < 4.78 is 28.1. The fourth-order valence-corrected chi connectivity index (χ4v) is 4.57. The molecular formula is C24H21N3O3S. The van der Waals surface area contributed by atoms with E-state index in [0.29, 0.717) is 11.3 Å². The van der Waals surface area contributed by atoms with Gasteiger partial charge >= 0.3 is 0 Å². The van der Waals surface area contributed by atoms with Crippen molar-refractivity contribution in [1.82, 2.24) is 9.97 Å². The summed E-state index contributed by atoms with van der Waals surface area (Å²) in [4.78, 5) is 20.0. The zero-order valence-corrected chi connectivity index (χ0v) is 17.9. The highest BCUT2D eigenvalue weighted by atomic mass is 32.2. The van der Waals surface area contributed by atoms with Gasteiger partial charge in [-0.2, -0.15) is 0 Å². The molecule has 1 heterocycles. The highest BCUT2D eigenvalue weighted by Crippen LogP contribution is 2.20. The van der Waals surface area contributed by atoms with Crippen LogP contribution in [-0.4, -0.2) is 24.2 Å². The van der Waals surface area contributed by atoms with Crippen molar-refractivity contribution in [3.63, 3.8) is 0 Å². The van der Waals surface area contributed by atoms with E-state index in [1.54, 1.807) is 42.5 Å². The van der Waals surface area contributed by atoms with Gasteiger partial charge in [0.25, 0.3) is 10.0 Å². The summed E-state index contributed by atoms with van der Waals surface area (Å²) in [6.07, 6.45) is 3.04. The van der Waals surface area contributed by atoms with Crippen LogP contribution >= 0.6 is 0 Å². The number of para-hydroxylation sites is 2. The fourth-order valence-electron chi connectivity index (χ4n) is 3.33. The quantitative estimate of drug-likeness (QED) is 0.336. The third-order valence-corrected chi connectivity index (χ3v) is 6.06. The molecule has 0 radical (unpaired) electrons. The molecule has 0 saturated carbocycles. The number of carbonyl (C=O) groups is 1. The van der Waals surface area contributed by atoms with Crippen molar-refractivity contribution in [3.8, 4) is 0 Å². The number of benzene rings is 3. The van der Waals surface area contributed by atoms with E-state index in [9.17, 15) is 13.2 Å². The van der Waals surface area contributed by atoms with E-state index < -0.39 is 10.0 Å². The molecule has 0 fully saturated rings. The summed E-state index contributed by atoms with van der Waals surface area (Å²) in [5, 5.41) is 0. The summed E-state index contributed by atoms with van der Waals surface area (Å²) >= 11 is 0. The standard InChI is InChI=1S/C24H21N3O3S/c1-16-12-17(2)14-20(13-16)31(29,30)27-19-7-5-6-18(15-19)10-11-23(28)24-25-21-8-3-4-9-22(21)26-24/h3-15,27H,1-2H3,(H,25,26)/b11-10+. The van der Waals surface area contributed by atoms with Crippen molar-refractivity contribution in [2.24, 2.45) is 0 Å². The minimum atomic E-state index is -3.72. The molecule has 1 aromatic heterocycles. The van der Waals surface area contributed by atoms with Crippen molar-refractivity contribution in [2.45, 2.75) is 18.7 Å². The van der Waals surface area contributed by atoms with E-state index in [0.717, 1.165) is 22.2 Å². The molecule has 4 aromatic rings. The Bertz CT molecular complexity index is 1370. The van der Waals surface area contributed by atoms with Crippen molar-refractivity contribution >= 4 is 38.6 Å². The summed E-state index contributed by atoms with van der Waals surface area (Å²) in [7, 11) is -3.72. The van der Waals surface area contributed by atoms with Crippen LogP contribution in [-0.2, 0) is 10.0 Å². The average Bonchev–Trinajstić information content (AvgIpc) is 3.16. The third kappa shape index (κ3) is 4.73. The predicted molar refractivity (Wildman–Crippen MR) is 123 cm³/mol.